The third kappa shape index (κ3) is 8.53. The normalized spacial score (nSPS) is 10.5. The Morgan fingerprint density at radius 3 is 2.43 bits per heavy atom. The van der Waals surface area contributed by atoms with Crippen LogP contribution in [-0.4, -0.2) is 47.4 Å². The number of amides is 3. The molecule has 12 nitrogen and oxygen atoms in total. The molecule has 0 fully saturated rings. The van der Waals surface area contributed by atoms with Gasteiger partial charge in [0.25, 0.3) is 6.01 Å². The molecule has 0 saturated heterocycles. The number of nitrogens with zero attached hydrogens (tertiary/aromatic N) is 3. The van der Waals surface area contributed by atoms with Crippen LogP contribution >= 0.6 is 15.9 Å². The third-order valence-corrected chi connectivity index (χ3v) is 7.09. The van der Waals surface area contributed by atoms with Gasteiger partial charge in [0.15, 0.2) is 5.76 Å². The van der Waals surface area contributed by atoms with Gasteiger partial charge in [-0.15, -0.1) is 0 Å². The lowest BCUT2D eigenvalue weighted by molar-refractivity contribution is -0.128. The molecule has 0 atom stereocenters. The molecule has 0 saturated carbocycles. The first-order valence-corrected chi connectivity index (χ1v) is 14.3. The molecular weight excluding hydrogens is 628 g/mol. The molecule has 2 heterocycles. The van der Waals surface area contributed by atoms with Crippen LogP contribution in [0.5, 0.6) is 0 Å². The second kappa shape index (κ2) is 15.5. The monoisotopic (exact) mass is 660 g/mol. The molecule has 0 spiro atoms. The quantitative estimate of drug-likeness (QED) is 0.133. The number of nitrogens with two attached hydrogens (primary N) is 2. The summed E-state index contributed by atoms with van der Waals surface area (Å²) in [6.07, 6.45) is 4.53. The Kier molecular flexibility index (Phi) is 11.2. The number of halogens is 1. The molecule has 7 N–H and O–H groups in total. The summed E-state index contributed by atoms with van der Waals surface area (Å²) in [6, 6.07) is 20.4. The van der Waals surface area contributed by atoms with E-state index in [0.29, 0.717) is 35.1 Å². The van der Waals surface area contributed by atoms with Gasteiger partial charge < -0.3 is 41.2 Å². The highest BCUT2D eigenvalue weighted by Gasteiger charge is 2.16. The Labute approximate surface area is 263 Å². The Hall–Kier alpha value is -4.98. The maximum atomic E-state index is 11.9. The minimum Gasteiger partial charge on any atom is -0.444 e. The van der Waals surface area contributed by atoms with E-state index in [9.17, 15) is 9.59 Å². The van der Waals surface area contributed by atoms with Gasteiger partial charge in [0, 0.05) is 35.9 Å². The van der Waals surface area contributed by atoms with Crippen molar-refractivity contribution in [1.82, 2.24) is 20.2 Å². The fourth-order valence-corrected chi connectivity index (χ4v) is 4.64. The van der Waals surface area contributed by atoms with E-state index in [1.165, 1.54) is 22.5 Å². The zero-order chi connectivity index (χ0) is 31.5. The first-order chi connectivity index (χ1) is 21.3. The lowest BCUT2D eigenvalue weighted by atomic mass is 10.1. The van der Waals surface area contributed by atoms with Crippen LogP contribution in [0.1, 0.15) is 11.1 Å². The second-order valence-electron chi connectivity index (χ2n) is 9.47. The van der Waals surface area contributed by atoms with Crippen molar-refractivity contribution in [2.75, 3.05) is 31.3 Å². The summed E-state index contributed by atoms with van der Waals surface area (Å²) >= 11 is 3.46. The number of aromatic nitrogens is 2. The lowest BCUT2D eigenvalue weighted by Gasteiger charge is -2.17. The summed E-state index contributed by atoms with van der Waals surface area (Å²) < 4.78 is 12.4. The van der Waals surface area contributed by atoms with Crippen molar-refractivity contribution in [2.45, 2.75) is 13.1 Å². The van der Waals surface area contributed by atoms with Crippen molar-refractivity contribution >= 4 is 45.3 Å². The summed E-state index contributed by atoms with van der Waals surface area (Å²) in [6.45, 7) is 1.23. The molecule has 228 valence electrons. The smallest absolute Gasteiger partial charge is 0.316 e. The van der Waals surface area contributed by atoms with Gasteiger partial charge in [-0.1, -0.05) is 58.4 Å². The molecule has 2 aromatic heterocycles. The fourth-order valence-electron chi connectivity index (χ4n) is 4.21. The predicted octanol–water partition coefficient (Wildman–Crippen LogP) is 5.32. The van der Waals surface area contributed by atoms with Crippen LogP contribution in [0.25, 0.3) is 22.8 Å². The van der Waals surface area contributed by atoms with Gasteiger partial charge in [0.2, 0.25) is 11.8 Å². The number of nitrogens with one attached hydrogen (secondary N) is 3. The Morgan fingerprint density at radius 2 is 1.75 bits per heavy atom. The average Bonchev–Trinajstić information content (AvgIpc) is 3.72. The zero-order valence-corrected chi connectivity index (χ0v) is 25.8. The number of hydrogen-bond donors (Lipinski definition) is 5. The van der Waals surface area contributed by atoms with Crippen LogP contribution in [0.15, 0.2) is 98.7 Å². The molecule has 13 heteroatoms. The van der Waals surface area contributed by atoms with Gasteiger partial charge in [0.1, 0.15) is 6.26 Å². The van der Waals surface area contributed by atoms with E-state index < -0.39 is 6.03 Å². The highest BCUT2D eigenvalue weighted by molar-refractivity contribution is 9.10. The summed E-state index contributed by atoms with van der Waals surface area (Å²) in [5, 5.41) is 8.73. The molecule has 0 radical (unpaired) electrons. The number of anilines is 3. The maximum Gasteiger partial charge on any atom is 0.316 e. The number of carbonyl (C=O) groups is 2. The minimum atomic E-state index is -0.724. The van der Waals surface area contributed by atoms with Gasteiger partial charge in [-0.3, -0.25) is 4.79 Å². The van der Waals surface area contributed by atoms with E-state index in [4.69, 9.17) is 20.3 Å². The Morgan fingerprint density at radius 1 is 1.00 bits per heavy atom. The van der Waals surface area contributed by atoms with Gasteiger partial charge in [-0.05, 0) is 42.4 Å². The summed E-state index contributed by atoms with van der Waals surface area (Å²) in [4.78, 5) is 33.3. The first kappa shape index (κ1) is 31.9. The van der Waals surface area contributed by atoms with Crippen LogP contribution in [0, 0.1) is 0 Å². The molecule has 3 aromatic carbocycles. The molecule has 3 amide bonds. The zero-order valence-electron chi connectivity index (χ0n) is 24.2. The van der Waals surface area contributed by atoms with E-state index in [1.54, 1.807) is 36.3 Å². The SMILES string of the molecule is CN(Cc1ccccc1-c1cnc(Nc2ccc(-c3ncco3)c(NC(N)=O)c2)o1)C(=O)CN.CNCc1ccccc1Br. The van der Waals surface area contributed by atoms with Crippen molar-refractivity contribution in [2.24, 2.45) is 11.5 Å². The standard InChI is InChI=1S/C23H23N7O4.C8H10BrN/c1-30(20(31)11-24)13-14-4-2-3-5-16(14)19-12-27-23(34-19)28-15-6-7-17(21-26-8-9-33-21)18(10-15)29-22(25)32;1-10-6-7-4-2-3-5-8(7)9/h2-10,12H,11,13,24H2,1H3,(H,27,28)(H3,25,29,32);2-5,10H,6H2,1H3. The van der Waals surface area contributed by atoms with Crippen molar-refractivity contribution in [3.05, 3.63) is 101 Å². The van der Waals surface area contributed by atoms with Gasteiger partial charge >= 0.3 is 6.03 Å². The van der Waals surface area contributed by atoms with E-state index in [-0.39, 0.29) is 18.5 Å². The highest BCUT2D eigenvalue weighted by Crippen LogP contribution is 2.32. The van der Waals surface area contributed by atoms with Gasteiger partial charge in [-0.25, -0.2) is 14.8 Å². The second-order valence-corrected chi connectivity index (χ2v) is 10.3. The van der Waals surface area contributed by atoms with E-state index in [0.717, 1.165) is 17.7 Å². The summed E-state index contributed by atoms with van der Waals surface area (Å²) in [7, 11) is 3.64. The summed E-state index contributed by atoms with van der Waals surface area (Å²) in [5.74, 6) is 0.699. The molecule has 44 heavy (non-hydrogen) atoms. The Bertz CT molecular complexity index is 1690. The number of primary amides is 1. The molecule has 0 aliphatic carbocycles. The topological polar surface area (TPSA) is 178 Å². The van der Waals surface area contributed by atoms with Crippen LogP contribution in [0.3, 0.4) is 0 Å². The Balaban J connectivity index is 0.000000375. The van der Waals surface area contributed by atoms with E-state index in [1.807, 2.05) is 49.5 Å². The average molecular weight is 662 g/mol. The van der Waals surface area contributed by atoms with Crippen molar-refractivity contribution < 1.29 is 18.4 Å². The molecule has 5 aromatic rings. The van der Waals surface area contributed by atoms with Crippen LogP contribution in [0.2, 0.25) is 0 Å². The third-order valence-electron chi connectivity index (χ3n) is 6.31. The number of carbonyl (C=O) groups excluding carboxylic acids is 2. The van der Waals surface area contributed by atoms with Gasteiger partial charge in [0.05, 0.1) is 30.2 Å². The fraction of sp³-hybridized carbons (Fsp3) is 0.161. The van der Waals surface area contributed by atoms with Crippen molar-refractivity contribution in [1.29, 1.82) is 0 Å². The van der Waals surface area contributed by atoms with Crippen molar-refractivity contribution in [3.8, 4) is 22.8 Å². The predicted molar refractivity (Wildman–Crippen MR) is 173 cm³/mol. The summed E-state index contributed by atoms with van der Waals surface area (Å²) in [5.41, 5.74) is 15.3. The number of oxazole rings is 2. The molecule has 0 aliphatic heterocycles. The minimum absolute atomic E-state index is 0.0591. The number of urea groups is 1. The van der Waals surface area contributed by atoms with E-state index >= 15 is 0 Å². The number of hydrogen-bond acceptors (Lipinski definition) is 9. The van der Waals surface area contributed by atoms with Crippen LogP contribution in [0.4, 0.5) is 22.2 Å². The molecule has 5 rings (SSSR count). The molecule has 0 aliphatic rings. The maximum absolute atomic E-state index is 11.9. The van der Waals surface area contributed by atoms with Crippen molar-refractivity contribution in [3.63, 3.8) is 0 Å². The number of benzene rings is 3. The molecule has 0 unspecified atom stereocenters. The number of rotatable bonds is 10. The van der Waals surface area contributed by atoms with E-state index in [2.05, 4.69) is 47.9 Å². The first-order valence-electron chi connectivity index (χ1n) is 13.5. The number of likely N-dealkylation sites (N-methyl/N-ethyl adjacent to an activating group) is 1. The van der Waals surface area contributed by atoms with Gasteiger partial charge in [-0.2, -0.15) is 0 Å². The molecule has 0 bridgehead atoms. The lowest BCUT2D eigenvalue weighted by Crippen LogP contribution is -2.32. The highest BCUT2D eigenvalue weighted by atomic mass is 79.9. The molecular formula is C31H33BrN8O4. The van der Waals surface area contributed by atoms with Crippen LogP contribution in [-0.2, 0) is 17.9 Å². The largest absolute Gasteiger partial charge is 0.444 e. The van der Waals surface area contributed by atoms with Crippen LogP contribution < -0.4 is 27.4 Å².